The summed E-state index contributed by atoms with van der Waals surface area (Å²) in [5.74, 6) is -0.00859. The molecule has 0 fully saturated rings. The second-order valence-electron chi connectivity index (χ2n) is 3.51. The van der Waals surface area contributed by atoms with Crippen molar-refractivity contribution in [1.29, 1.82) is 0 Å². The van der Waals surface area contributed by atoms with Gasteiger partial charge in [0.2, 0.25) is 0 Å². The van der Waals surface area contributed by atoms with Crippen LogP contribution in [0, 0.1) is 0 Å². The molecule has 0 bridgehead atoms. The van der Waals surface area contributed by atoms with Crippen molar-refractivity contribution in [2.45, 2.75) is 37.9 Å². The first kappa shape index (κ1) is 14.0. The maximum atomic E-state index is 10.5. The molecule has 0 radical (unpaired) electrons. The van der Waals surface area contributed by atoms with Crippen LogP contribution in [0.3, 0.4) is 0 Å². The van der Waals surface area contributed by atoms with Crippen molar-refractivity contribution in [1.82, 2.24) is 14.8 Å². The maximum absolute atomic E-state index is 10.5. The number of thioether (sulfide) groups is 1. The van der Waals surface area contributed by atoms with Gasteiger partial charge in [0.25, 0.3) is 0 Å². The molecule has 0 saturated carbocycles. The van der Waals surface area contributed by atoms with Crippen LogP contribution < -0.4 is 0 Å². The minimum Gasteiger partial charge on any atom is -0.481 e. The number of rotatable bonds is 8. The lowest BCUT2D eigenvalue weighted by Crippen LogP contribution is -2.05. The second-order valence-corrected chi connectivity index (χ2v) is 4.45. The molecule has 0 aliphatic heterocycles. The van der Waals surface area contributed by atoms with Crippen molar-refractivity contribution in [3.05, 3.63) is 5.82 Å². The first-order valence-electron chi connectivity index (χ1n) is 5.56. The van der Waals surface area contributed by atoms with E-state index in [4.69, 9.17) is 10.2 Å². The highest BCUT2D eigenvalue weighted by Gasteiger charge is 2.12. The Labute approximate surface area is 104 Å². The summed E-state index contributed by atoms with van der Waals surface area (Å²) < 4.78 is 1.92. The molecule has 1 aromatic heterocycles. The molecule has 1 rings (SSSR count). The number of unbranched alkanes of at least 4 members (excludes halogenated alkanes) is 1. The van der Waals surface area contributed by atoms with E-state index in [0.717, 1.165) is 31.6 Å². The molecule has 0 unspecified atom stereocenters. The molecular weight excluding hydrogens is 242 g/mol. The van der Waals surface area contributed by atoms with Crippen LogP contribution in [0.1, 0.15) is 25.6 Å². The zero-order valence-corrected chi connectivity index (χ0v) is 10.6. The average Bonchev–Trinajstić information content (AvgIpc) is 2.69. The van der Waals surface area contributed by atoms with Gasteiger partial charge < -0.3 is 14.8 Å². The van der Waals surface area contributed by atoms with E-state index in [1.54, 1.807) is 0 Å². The predicted molar refractivity (Wildman–Crippen MR) is 64.1 cm³/mol. The molecule has 0 aliphatic rings. The molecule has 0 atom stereocenters. The quantitative estimate of drug-likeness (QED) is 0.530. The van der Waals surface area contributed by atoms with Gasteiger partial charge in [-0.2, -0.15) is 0 Å². The molecule has 0 aliphatic carbocycles. The molecular formula is C10H17N3O3S. The Bertz CT molecular complexity index is 368. The monoisotopic (exact) mass is 259 g/mol. The predicted octanol–water partition coefficient (Wildman–Crippen LogP) is 0.790. The van der Waals surface area contributed by atoms with Gasteiger partial charge in [-0.3, -0.25) is 4.79 Å². The molecule has 1 aromatic rings. The van der Waals surface area contributed by atoms with Crippen LogP contribution in [0.25, 0.3) is 0 Å². The fourth-order valence-corrected chi connectivity index (χ4v) is 2.19. The van der Waals surface area contributed by atoms with Gasteiger partial charge in [0, 0.05) is 19.6 Å². The zero-order valence-electron chi connectivity index (χ0n) is 9.80. The summed E-state index contributed by atoms with van der Waals surface area (Å²) >= 11 is 1.18. The summed E-state index contributed by atoms with van der Waals surface area (Å²) in [6.07, 6.45) is 2.36. The van der Waals surface area contributed by atoms with Crippen LogP contribution >= 0.6 is 11.8 Å². The molecule has 2 N–H and O–H groups in total. The van der Waals surface area contributed by atoms with Crippen molar-refractivity contribution in [2.24, 2.45) is 0 Å². The van der Waals surface area contributed by atoms with Crippen LogP contribution in [0.15, 0.2) is 5.16 Å². The summed E-state index contributed by atoms with van der Waals surface area (Å²) in [5, 5.41) is 26.0. The van der Waals surface area contributed by atoms with Crippen LogP contribution in [-0.4, -0.2) is 43.3 Å². The standard InChI is InChI=1S/C10H17N3O3S/c1-2-13-8(5-3-4-6-14)11-12-10(13)17-7-9(15)16/h14H,2-7H2,1H3,(H,15,16). The summed E-state index contributed by atoms with van der Waals surface area (Å²) in [6, 6.07) is 0. The van der Waals surface area contributed by atoms with Crippen molar-refractivity contribution >= 4 is 17.7 Å². The van der Waals surface area contributed by atoms with Crippen molar-refractivity contribution in [3.8, 4) is 0 Å². The lowest BCUT2D eigenvalue weighted by atomic mass is 10.2. The van der Waals surface area contributed by atoms with E-state index < -0.39 is 5.97 Å². The molecule has 0 saturated heterocycles. The minimum atomic E-state index is -0.859. The number of aromatic nitrogens is 3. The summed E-state index contributed by atoms with van der Waals surface area (Å²) in [4.78, 5) is 10.5. The highest BCUT2D eigenvalue weighted by atomic mass is 32.2. The maximum Gasteiger partial charge on any atom is 0.313 e. The summed E-state index contributed by atoms with van der Waals surface area (Å²) in [7, 11) is 0. The van der Waals surface area contributed by atoms with Crippen LogP contribution in [0.4, 0.5) is 0 Å². The number of carboxylic acids is 1. The molecule has 6 nitrogen and oxygen atoms in total. The van der Waals surface area contributed by atoms with E-state index in [-0.39, 0.29) is 12.4 Å². The van der Waals surface area contributed by atoms with Gasteiger partial charge in [-0.1, -0.05) is 11.8 Å². The average molecular weight is 259 g/mol. The lowest BCUT2D eigenvalue weighted by molar-refractivity contribution is -0.133. The number of aliphatic hydroxyl groups is 1. The third-order valence-corrected chi connectivity index (χ3v) is 3.19. The fourth-order valence-electron chi connectivity index (χ4n) is 1.45. The number of aryl methyl sites for hydroxylation is 1. The van der Waals surface area contributed by atoms with Gasteiger partial charge in [0.15, 0.2) is 5.16 Å². The van der Waals surface area contributed by atoms with Crippen LogP contribution in [0.2, 0.25) is 0 Å². The van der Waals surface area contributed by atoms with Gasteiger partial charge in [0.1, 0.15) is 5.82 Å². The van der Waals surface area contributed by atoms with Crippen LogP contribution in [-0.2, 0) is 17.8 Å². The first-order chi connectivity index (χ1) is 8.19. The highest BCUT2D eigenvalue weighted by Crippen LogP contribution is 2.17. The third kappa shape index (κ3) is 4.35. The van der Waals surface area contributed by atoms with E-state index in [9.17, 15) is 4.79 Å². The Hall–Kier alpha value is -1.08. The number of aliphatic hydroxyl groups excluding tert-OH is 1. The van der Waals surface area contributed by atoms with E-state index in [2.05, 4.69) is 10.2 Å². The molecule has 96 valence electrons. The number of carboxylic acid groups (broad SMARTS) is 1. The highest BCUT2D eigenvalue weighted by molar-refractivity contribution is 7.99. The summed E-state index contributed by atoms with van der Waals surface area (Å²) in [6.45, 7) is 2.88. The minimum absolute atomic E-state index is 0.00519. The molecule has 0 aromatic carbocycles. The third-order valence-electron chi connectivity index (χ3n) is 2.24. The molecule has 0 amide bonds. The van der Waals surface area contributed by atoms with E-state index in [1.807, 2.05) is 11.5 Å². The number of nitrogens with zero attached hydrogens (tertiary/aromatic N) is 3. The van der Waals surface area contributed by atoms with Gasteiger partial charge in [-0.15, -0.1) is 10.2 Å². The largest absolute Gasteiger partial charge is 0.481 e. The smallest absolute Gasteiger partial charge is 0.313 e. The van der Waals surface area contributed by atoms with Crippen LogP contribution in [0.5, 0.6) is 0 Å². The van der Waals surface area contributed by atoms with E-state index >= 15 is 0 Å². The topological polar surface area (TPSA) is 88.2 Å². The Morgan fingerprint density at radius 1 is 1.41 bits per heavy atom. The van der Waals surface area contributed by atoms with E-state index in [1.165, 1.54) is 11.8 Å². The van der Waals surface area contributed by atoms with Crippen molar-refractivity contribution in [3.63, 3.8) is 0 Å². The normalized spacial score (nSPS) is 10.7. The number of carbonyl (C=O) groups is 1. The Morgan fingerprint density at radius 3 is 2.76 bits per heavy atom. The molecule has 0 spiro atoms. The second kappa shape index (κ2) is 7.29. The Balaban J connectivity index is 2.62. The fraction of sp³-hybridized carbons (Fsp3) is 0.700. The number of hydrogen-bond donors (Lipinski definition) is 2. The first-order valence-corrected chi connectivity index (χ1v) is 6.55. The summed E-state index contributed by atoms with van der Waals surface area (Å²) in [5.41, 5.74) is 0. The molecule has 7 heteroatoms. The number of hydrogen-bond acceptors (Lipinski definition) is 5. The number of aliphatic carboxylic acids is 1. The lowest BCUT2D eigenvalue weighted by Gasteiger charge is -2.05. The van der Waals surface area contributed by atoms with Gasteiger partial charge in [-0.05, 0) is 19.8 Å². The SMILES string of the molecule is CCn1c(CCCCO)nnc1SCC(=O)O. The Kier molecular flexibility index (Phi) is 5.99. The van der Waals surface area contributed by atoms with Crippen molar-refractivity contribution in [2.75, 3.05) is 12.4 Å². The van der Waals surface area contributed by atoms with Crippen molar-refractivity contribution < 1.29 is 15.0 Å². The zero-order chi connectivity index (χ0) is 12.7. The Morgan fingerprint density at radius 2 is 2.18 bits per heavy atom. The van der Waals surface area contributed by atoms with E-state index in [0.29, 0.717) is 5.16 Å². The van der Waals surface area contributed by atoms with Gasteiger partial charge >= 0.3 is 5.97 Å². The molecule has 1 heterocycles. The molecule has 17 heavy (non-hydrogen) atoms. The van der Waals surface area contributed by atoms with Gasteiger partial charge in [-0.25, -0.2) is 0 Å². The van der Waals surface area contributed by atoms with Gasteiger partial charge in [0.05, 0.1) is 5.75 Å².